The first-order chi connectivity index (χ1) is 9.66. The molecule has 104 valence electrons. The number of piperidine rings is 1. The lowest BCUT2D eigenvalue weighted by molar-refractivity contribution is -0.143. The van der Waals surface area contributed by atoms with Crippen LogP contribution in [0.3, 0.4) is 0 Å². The van der Waals surface area contributed by atoms with E-state index in [2.05, 4.69) is 9.97 Å². The Morgan fingerprint density at radius 1 is 1.25 bits per heavy atom. The van der Waals surface area contributed by atoms with Gasteiger partial charge in [-0.3, -0.25) is 9.59 Å². The molecule has 1 saturated heterocycles. The number of likely N-dealkylation sites (tertiary alicyclic amines) is 1. The van der Waals surface area contributed by atoms with Crippen LogP contribution in [0.4, 0.5) is 0 Å². The molecule has 1 unspecified atom stereocenters. The summed E-state index contributed by atoms with van der Waals surface area (Å²) in [6.45, 7) is 0.795. The molecule has 0 aromatic carbocycles. The molecule has 3 heterocycles. The standard InChI is InChI=1S/C13H14N4O3/c18-12(17-5-1-2-9(8-17)13(19)20)10-11-15-4-7-16(11)6-3-14-10/h3-4,6-7,9H,1-2,5,8H2,(H,19,20). The van der Waals surface area contributed by atoms with Crippen molar-refractivity contribution in [2.45, 2.75) is 12.8 Å². The Morgan fingerprint density at radius 2 is 2.00 bits per heavy atom. The summed E-state index contributed by atoms with van der Waals surface area (Å²) in [7, 11) is 0. The zero-order chi connectivity index (χ0) is 14.1. The molecule has 3 rings (SSSR count). The second-order valence-electron chi connectivity index (χ2n) is 4.86. The Morgan fingerprint density at radius 3 is 2.75 bits per heavy atom. The molecule has 1 amide bonds. The van der Waals surface area contributed by atoms with Crippen LogP contribution in [0.5, 0.6) is 0 Å². The Hall–Kier alpha value is -2.44. The van der Waals surface area contributed by atoms with Gasteiger partial charge in [0.25, 0.3) is 5.91 Å². The van der Waals surface area contributed by atoms with Gasteiger partial charge < -0.3 is 14.4 Å². The molecule has 1 aliphatic heterocycles. The molecule has 0 spiro atoms. The smallest absolute Gasteiger partial charge is 0.308 e. The van der Waals surface area contributed by atoms with Gasteiger partial charge in [-0.1, -0.05) is 0 Å². The van der Waals surface area contributed by atoms with E-state index in [1.165, 1.54) is 0 Å². The van der Waals surface area contributed by atoms with Crippen LogP contribution < -0.4 is 0 Å². The van der Waals surface area contributed by atoms with Crippen LogP contribution >= 0.6 is 0 Å². The minimum atomic E-state index is -0.852. The van der Waals surface area contributed by atoms with Crippen molar-refractivity contribution in [1.29, 1.82) is 0 Å². The summed E-state index contributed by atoms with van der Waals surface area (Å²) in [4.78, 5) is 33.3. The van der Waals surface area contributed by atoms with Gasteiger partial charge in [-0.15, -0.1) is 0 Å². The zero-order valence-corrected chi connectivity index (χ0v) is 10.8. The Labute approximate surface area is 114 Å². The number of aliphatic carboxylic acids is 1. The number of hydrogen-bond donors (Lipinski definition) is 1. The molecular weight excluding hydrogens is 260 g/mol. The maximum Gasteiger partial charge on any atom is 0.308 e. The van der Waals surface area contributed by atoms with Gasteiger partial charge in [0.1, 0.15) is 0 Å². The predicted molar refractivity (Wildman–Crippen MR) is 69.3 cm³/mol. The van der Waals surface area contributed by atoms with Gasteiger partial charge in [0.2, 0.25) is 0 Å². The number of carbonyl (C=O) groups is 2. The van der Waals surface area contributed by atoms with Gasteiger partial charge in [-0.05, 0) is 12.8 Å². The average Bonchev–Trinajstić information content (AvgIpc) is 2.95. The van der Waals surface area contributed by atoms with Crippen LogP contribution in [0.25, 0.3) is 5.65 Å². The first-order valence-corrected chi connectivity index (χ1v) is 6.46. The second kappa shape index (κ2) is 4.92. The zero-order valence-electron chi connectivity index (χ0n) is 10.8. The summed E-state index contributed by atoms with van der Waals surface area (Å²) in [6.07, 6.45) is 7.91. The number of amides is 1. The third-order valence-corrected chi connectivity index (χ3v) is 3.57. The first kappa shape index (κ1) is 12.6. The lowest BCUT2D eigenvalue weighted by Crippen LogP contribution is -2.42. The van der Waals surface area contributed by atoms with Crippen molar-refractivity contribution in [3.8, 4) is 0 Å². The number of fused-ring (bicyclic) bond motifs is 1. The summed E-state index contributed by atoms with van der Waals surface area (Å²) in [6, 6.07) is 0. The minimum Gasteiger partial charge on any atom is -0.481 e. The fourth-order valence-electron chi connectivity index (χ4n) is 2.52. The van der Waals surface area contributed by atoms with E-state index in [4.69, 9.17) is 5.11 Å². The summed E-state index contributed by atoms with van der Waals surface area (Å²) < 4.78 is 1.72. The Balaban J connectivity index is 1.88. The normalized spacial score (nSPS) is 19.2. The van der Waals surface area contributed by atoms with Crippen molar-refractivity contribution >= 4 is 17.5 Å². The van der Waals surface area contributed by atoms with E-state index >= 15 is 0 Å². The average molecular weight is 274 g/mol. The largest absolute Gasteiger partial charge is 0.481 e. The van der Waals surface area contributed by atoms with Crippen LogP contribution in [0, 0.1) is 5.92 Å². The van der Waals surface area contributed by atoms with Crippen molar-refractivity contribution in [1.82, 2.24) is 19.3 Å². The van der Waals surface area contributed by atoms with E-state index in [1.807, 2.05) is 0 Å². The van der Waals surface area contributed by atoms with Crippen LogP contribution in [0.2, 0.25) is 0 Å². The lowest BCUT2D eigenvalue weighted by Gasteiger charge is -2.30. The van der Waals surface area contributed by atoms with Gasteiger partial charge in [0.15, 0.2) is 11.3 Å². The maximum atomic E-state index is 12.5. The van der Waals surface area contributed by atoms with Crippen molar-refractivity contribution in [3.05, 3.63) is 30.5 Å². The van der Waals surface area contributed by atoms with E-state index in [0.717, 1.165) is 0 Å². The molecule has 1 atom stereocenters. The van der Waals surface area contributed by atoms with Gasteiger partial charge >= 0.3 is 5.97 Å². The SMILES string of the molecule is O=C(O)C1CCCN(C(=O)c2nccn3ccnc23)C1. The first-order valence-electron chi connectivity index (χ1n) is 6.46. The van der Waals surface area contributed by atoms with Crippen LogP contribution in [0.1, 0.15) is 23.3 Å². The predicted octanol–water partition coefficient (Wildman–Crippen LogP) is 0.666. The fraction of sp³-hybridized carbons (Fsp3) is 0.385. The number of imidazole rings is 1. The van der Waals surface area contributed by atoms with E-state index in [0.29, 0.717) is 25.0 Å². The summed E-state index contributed by atoms with van der Waals surface area (Å²) >= 11 is 0. The number of carbonyl (C=O) groups excluding carboxylic acids is 1. The molecule has 0 saturated carbocycles. The molecule has 2 aromatic heterocycles. The van der Waals surface area contributed by atoms with Gasteiger partial charge in [-0.2, -0.15) is 0 Å². The monoisotopic (exact) mass is 274 g/mol. The molecule has 20 heavy (non-hydrogen) atoms. The maximum absolute atomic E-state index is 12.5. The number of rotatable bonds is 2. The van der Waals surface area contributed by atoms with Crippen LogP contribution in [-0.2, 0) is 4.79 Å². The summed E-state index contributed by atoms with van der Waals surface area (Å²) in [5, 5.41) is 9.08. The summed E-state index contributed by atoms with van der Waals surface area (Å²) in [5.41, 5.74) is 0.762. The van der Waals surface area contributed by atoms with Crippen molar-refractivity contribution in [2.24, 2.45) is 5.92 Å². The Bertz CT molecular complexity index is 666. The molecule has 0 aliphatic carbocycles. The number of hydrogen-bond acceptors (Lipinski definition) is 4. The molecular formula is C13H14N4O3. The number of aromatic nitrogens is 3. The lowest BCUT2D eigenvalue weighted by atomic mass is 9.98. The number of carboxylic acid groups (broad SMARTS) is 1. The van der Waals surface area contributed by atoms with E-state index in [1.54, 1.807) is 34.1 Å². The highest BCUT2D eigenvalue weighted by Gasteiger charge is 2.30. The minimum absolute atomic E-state index is 0.234. The van der Waals surface area contributed by atoms with E-state index in [-0.39, 0.29) is 18.1 Å². The molecule has 1 N–H and O–H groups in total. The summed E-state index contributed by atoms with van der Waals surface area (Å²) in [5.74, 6) is -1.60. The highest BCUT2D eigenvalue weighted by Crippen LogP contribution is 2.19. The topological polar surface area (TPSA) is 87.8 Å². The van der Waals surface area contributed by atoms with E-state index < -0.39 is 11.9 Å². The molecule has 1 fully saturated rings. The number of nitrogens with zero attached hydrogens (tertiary/aromatic N) is 4. The molecule has 1 aliphatic rings. The molecule has 2 aromatic rings. The van der Waals surface area contributed by atoms with Crippen molar-refractivity contribution in [2.75, 3.05) is 13.1 Å². The van der Waals surface area contributed by atoms with E-state index in [9.17, 15) is 9.59 Å². The van der Waals surface area contributed by atoms with Crippen LogP contribution in [0.15, 0.2) is 24.8 Å². The third-order valence-electron chi connectivity index (χ3n) is 3.57. The number of carboxylic acids is 1. The molecule has 7 nitrogen and oxygen atoms in total. The van der Waals surface area contributed by atoms with Gasteiger partial charge in [0.05, 0.1) is 5.92 Å². The fourth-order valence-corrected chi connectivity index (χ4v) is 2.52. The van der Waals surface area contributed by atoms with Gasteiger partial charge in [-0.25, -0.2) is 9.97 Å². The highest BCUT2D eigenvalue weighted by atomic mass is 16.4. The van der Waals surface area contributed by atoms with Crippen molar-refractivity contribution in [3.63, 3.8) is 0 Å². The van der Waals surface area contributed by atoms with Crippen LogP contribution in [-0.4, -0.2) is 49.3 Å². The quantitative estimate of drug-likeness (QED) is 0.869. The molecule has 7 heteroatoms. The van der Waals surface area contributed by atoms with Crippen molar-refractivity contribution < 1.29 is 14.7 Å². The highest BCUT2D eigenvalue weighted by molar-refractivity contribution is 5.98. The molecule has 0 radical (unpaired) electrons. The third kappa shape index (κ3) is 2.11. The molecule has 0 bridgehead atoms. The van der Waals surface area contributed by atoms with Gasteiger partial charge in [0, 0.05) is 37.9 Å². The Kier molecular flexibility index (Phi) is 3.09. The second-order valence-corrected chi connectivity index (χ2v) is 4.86.